The van der Waals surface area contributed by atoms with Crippen LogP contribution in [0.3, 0.4) is 0 Å². The molecule has 0 radical (unpaired) electrons. The van der Waals surface area contributed by atoms with Crippen molar-refractivity contribution in [1.82, 2.24) is 5.32 Å². The molecule has 0 aromatic heterocycles. The number of hydrogen-bond acceptors (Lipinski definition) is 3. The molecule has 1 unspecified atom stereocenters. The molecule has 0 saturated heterocycles. The first-order valence-corrected chi connectivity index (χ1v) is 3.12. The Bertz CT molecular complexity index is 105. The van der Waals surface area contributed by atoms with Gasteiger partial charge in [0.2, 0.25) is 5.91 Å². The largest absolute Gasteiger partial charge is 0.368 e. The number of aliphatic hydroxyl groups is 1. The molecule has 0 aliphatic rings. The Labute approximate surface area is 60.2 Å². The zero-order valence-electron chi connectivity index (χ0n) is 6.26. The van der Waals surface area contributed by atoms with Crippen molar-refractivity contribution < 1.29 is 14.6 Å². The Hall–Kier alpha value is -0.610. The average molecular weight is 147 g/mol. The molecule has 0 spiro atoms. The van der Waals surface area contributed by atoms with E-state index in [0.29, 0.717) is 12.8 Å². The number of amides is 1. The Kier molecular flexibility index (Phi) is 4.88. The van der Waals surface area contributed by atoms with Crippen molar-refractivity contribution in [1.29, 1.82) is 0 Å². The van der Waals surface area contributed by atoms with Gasteiger partial charge < -0.3 is 15.2 Å². The molecule has 0 bridgehead atoms. The zero-order valence-corrected chi connectivity index (χ0v) is 6.26. The molecule has 1 amide bonds. The van der Waals surface area contributed by atoms with Crippen molar-refractivity contribution in [2.24, 2.45) is 0 Å². The van der Waals surface area contributed by atoms with Crippen LogP contribution in [0.5, 0.6) is 0 Å². The van der Waals surface area contributed by atoms with Crippen molar-refractivity contribution >= 4 is 5.91 Å². The second-order valence-electron chi connectivity index (χ2n) is 1.90. The number of carbonyl (C=O) groups is 1. The predicted octanol–water partition coefficient (Wildman–Crippen LogP) is -0.523. The molecule has 0 rings (SSSR count). The first-order valence-electron chi connectivity index (χ1n) is 3.12. The smallest absolute Gasteiger partial charge is 0.219 e. The van der Waals surface area contributed by atoms with Gasteiger partial charge in [-0.05, 0) is 0 Å². The molecule has 0 aromatic rings. The quantitative estimate of drug-likeness (QED) is 0.526. The Morgan fingerprint density at radius 1 is 1.80 bits per heavy atom. The van der Waals surface area contributed by atoms with Crippen molar-refractivity contribution in [2.75, 3.05) is 14.2 Å². The highest BCUT2D eigenvalue weighted by atomic mass is 16.6. The van der Waals surface area contributed by atoms with Crippen LogP contribution >= 0.6 is 0 Å². The zero-order chi connectivity index (χ0) is 7.98. The topological polar surface area (TPSA) is 58.6 Å². The Morgan fingerprint density at radius 2 is 2.40 bits per heavy atom. The highest BCUT2D eigenvalue weighted by molar-refractivity contribution is 5.75. The maximum absolute atomic E-state index is 10.6. The van der Waals surface area contributed by atoms with Crippen LogP contribution in [0.2, 0.25) is 0 Å². The van der Waals surface area contributed by atoms with Crippen LogP contribution in [0.4, 0.5) is 0 Å². The van der Waals surface area contributed by atoms with Crippen molar-refractivity contribution in [3.63, 3.8) is 0 Å². The van der Waals surface area contributed by atoms with Gasteiger partial charge in [-0.25, -0.2) is 0 Å². The number of nitrogens with one attached hydrogen (secondary N) is 1. The van der Waals surface area contributed by atoms with Gasteiger partial charge in [0.1, 0.15) is 0 Å². The molecule has 10 heavy (non-hydrogen) atoms. The second kappa shape index (κ2) is 5.20. The number of hydrogen-bond donors (Lipinski definition) is 2. The predicted molar refractivity (Wildman–Crippen MR) is 36.3 cm³/mol. The lowest BCUT2D eigenvalue weighted by Gasteiger charge is -2.05. The first-order chi connectivity index (χ1) is 4.70. The highest BCUT2D eigenvalue weighted by Gasteiger charge is 2.03. The van der Waals surface area contributed by atoms with E-state index in [9.17, 15) is 4.79 Å². The molecule has 0 aliphatic heterocycles. The second-order valence-corrected chi connectivity index (χ2v) is 1.90. The summed E-state index contributed by atoms with van der Waals surface area (Å²) < 4.78 is 4.52. The highest BCUT2D eigenvalue weighted by Crippen LogP contribution is 1.95. The van der Waals surface area contributed by atoms with Gasteiger partial charge in [0.15, 0.2) is 6.29 Å². The van der Waals surface area contributed by atoms with Gasteiger partial charge in [-0.1, -0.05) is 0 Å². The SMILES string of the molecule is CNC(=O)CCC(O)OC. The van der Waals surface area contributed by atoms with Gasteiger partial charge in [0, 0.05) is 27.0 Å². The van der Waals surface area contributed by atoms with Crippen LogP contribution < -0.4 is 5.32 Å². The van der Waals surface area contributed by atoms with Gasteiger partial charge in [-0.2, -0.15) is 0 Å². The minimum absolute atomic E-state index is 0.0869. The summed E-state index contributed by atoms with van der Waals surface area (Å²) >= 11 is 0. The van der Waals surface area contributed by atoms with E-state index in [2.05, 4.69) is 10.1 Å². The molecule has 2 N–H and O–H groups in total. The third-order valence-corrected chi connectivity index (χ3v) is 1.17. The molecule has 0 fully saturated rings. The maximum atomic E-state index is 10.6. The van der Waals surface area contributed by atoms with Crippen LogP contribution in [0.15, 0.2) is 0 Å². The van der Waals surface area contributed by atoms with Crippen LogP contribution in [0.25, 0.3) is 0 Å². The van der Waals surface area contributed by atoms with Gasteiger partial charge in [-0.15, -0.1) is 0 Å². The van der Waals surface area contributed by atoms with E-state index in [1.165, 1.54) is 7.11 Å². The lowest BCUT2D eigenvalue weighted by atomic mass is 10.3. The third-order valence-electron chi connectivity index (χ3n) is 1.17. The molecule has 0 aromatic carbocycles. The number of ether oxygens (including phenoxy) is 1. The minimum Gasteiger partial charge on any atom is -0.368 e. The first kappa shape index (κ1) is 9.39. The summed E-state index contributed by atoms with van der Waals surface area (Å²) in [6.45, 7) is 0. The Morgan fingerprint density at radius 3 is 2.80 bits per heavy atom. The number of carbonyl (C=O) groups excluding carboxylic acids is 1. The van der Waals surface area contributed by atoms with Gasteiger partial charge in [-0.3, -0.25) is 4.79 Å². The molecule has 0 aliphatic carbocycles. The van der Waals surface area contributed by atoms with Crippen molar-refractivity contribution in [3.05, 3.63) is 0 Å². The third kappa shape index (κ3) is 4.29. The Balaban J connectivity index is 3.26. The number of aliphatic hydroxyl groups excluding tert-OH is 1. The minimum atomic E-state index is -0.822. The molecule has 0 saturated carbocycles. The van der Waals surface area contributed by atoms with E-state index in [0.717, 1.165) is 0 Å². The van der Waals surface area contributed by atoms with Crippen LogP contribution in [-0.4, -0.2) is 31.5 Å². The molecule has 60 valence electrons. The monoisotopic (exact) mass is 147 g/mol. The fraction of sp³-hybridized carbons (Fsp3) is 0.833. The average Bonchev–Trinajstić information content (AvgIpc) is 1.99. The fourth-order valence-electron chi connectivity index (χ4n) is 0.497. The summed E-state index contributed by atoms with van der Waals surface area (Å²) in [6.07, 6.45) is -0.181. The normalized spacial score (nSPS) is 12.7. The molecular weight excluding hydrogens is 134 g/mol. The number of rotatable bonds is 4. The fourth-order valence-corrected chi connectivity index (χ4v) is 0.497. The van der Waals surface area contributed by atoms with Crippen LogP contribution in [0, 0.1) is 0 Å². The van der Waals surface area contributed by atoms with E-state index in [-0.39, 0.29) is 5.91 Å². The number of methoxy groups -OCH3 is 1. The van der Waals surface area contributed by atoms with E-state index in [4.69, 9.17) is 5.11 Å². The van der Waals surface area contributed by atoms with Gasteiger partial charge in [0.25, 0.3) is 0 Å². The summed E-state index contributed by atoms with van der Waals surface area (Å²) in [5, 5.41) is 11.2. The van der Waals surface area contributed by atoms with E-state index < -0.39 is 6.29 Å². The summed E-state index contributed by atoms with van der Waals surface area (Å²) in [7, 11) is 2.95. The lowest BCUT2D eigenvalue weighted by molar-refractivity contribution is -0.124. The molecule has 4 heteroatoms. The summed E-state index contributed by atoms with van der Waals surface area (Å²) in [6, 6.07) is 0. The summed E-state index contributed by atoms with van der Waals surface area (Å²) in [4.78, 5) is 10.6. The molecule has 1 atom stereocenters. The lowest BCUT2D eigenvalue weighted by Crippen LogP contribution is -2.20. The summed E-state index contributed by atoms with van der Waals surface area (Å²) in [5.74, 6) is -0.0869. The van der Waals surface area contributed by atoms with E-state index in [1.807, 2.05) is 0 Å². The van der Waals surface area contributed by atoms with Gasteiger partial charge in [0.05, 0.1) is 0 Å². The maximum Gasteiger partial charge on any atom is 0.219 e. The summed E-state index contributed by atoms with van der Waals surface area (Å²) in [5.41, 5.74) is 0. The van der Waals surface area contributed by atoms with Crippen molar-refractivity contribution in [3.8, 4) is 0 Å². The molecular formula is C6H13NO3. The van der Waals surface area contributed by atoms with Crippen molar-refractivity contribution in [2.45, 2.75) is 19.1 Å². The van der Waals surface area contributed by atoms with E-state index >= 15 is 0 Å². The molecule has 0 heterocycles. The van der Waals surface area contributed by atoms with E-state index in [1.54, 1.807) is 7.05 Å². The molecule has 4 nitrogen and oxygen atoms in total. The standard InChI is InChI=1S/C6H13NO3/c1-7-5(8)3-4-6(9)10-2/h6,9H,3-4H2,1-2H3,(H,7,8). The van der Waals surface area contributed by atoms with Gasteiger partial charge >= 0.3 is 0 Å². The van der Waals surface area contributed by atoms with Crippen LogP contribution in [-0.2, 0) is 9.53 Å². The van der Waals surface area contributed by atoms with Crippen LogP contribution in [0.1, 0.15) is 12.8 Å².